The van der Waals surface area contributed by atoms with Gasteiger partial charge in [0.25, 0.3) is 0 Å². The third-order valence-electron chi connectivity index (χ3n) is 9.57. The Kier molecular flexibility index (Phi) is 5.64. The van der Waals surface area contributed by atoms with Gasteiger partial charge < -0.3 is 8.85 Å². The highest BCUT2D eigenvalue weighted by atomic mass is 28.4. The van der Waals surface area contributed by atoms with E-state index in [0.29, 0.717) is 16.7 Å². The maximum absolute atomic E-state index is 6.97. The summed E-state index contributed by atoms with van der Waals surface area (Å²) in [7, 11) is -3.13. The fourth-order valence-corrected chi connectivity index (χ4v) is 10.8. The highest BCUT2D eigenvalue weighted by molar-refractivity contribution is 6.70. The van der Waals surface area contributed by atoms with E-state index in [1.165, 1.54) is 37.9 Å². The summed E-state index contributed by atoms with van der Waals surface area (Å²) < 4.78 is 13.4. The molecular weight excluding hydrogens is 412 g/mol. The van der Waals surface area contributed by atoms with E-state index in [1.54, 1.807) is 5.57 Å². The van der Waals surface area contributed by atoms with Gasteiger partial charge >= 0.3 is 0 Å². The topological polar surface area (TPSA) is 18.5 Å². The first-order valence-corrected chi connectivity index (χ1v) is 19.7. The average molecular weight is 461 g/mol. The smallest absolute Gasteiger partial charge is 0.241 e. The third-order valence-corrected chi connectivity index (χ3v) is 11.5. The van der Waals surface area contributed by atoms with Crippen molar-refractivity contribution in [1.29, 1.82) is 0 Å². The molecule has 2 saturated carbocycles. The van der Waals surface area contributed by atoms with Crippen LogP contribution >= 0.6 is 0 Å². The first-order chi connectivity index (χ1) is 14.1. The van der Waals surface area contributed by atoms with Crippen LogP contribution in [0.4, 0.5) is 0 Å². The Morgan fingerprint density at radius 3 is 2.13 bits per heavy atom. The largest absolute Gasteiger partial charge is 0.547 e. The van der Waals surface area contributed by atoms with Crippen molar-refractivity contribution in [3.63, 3.8) is 0 Å². The molecule has 5 unspecified atom stereocenters. The lowest BCUT2D eigenvalue weighted by Crippen LogP contribution is -2.57. The minimum Gasteiger partial charge on any atom is -0.547 e. The second-order valence-corrected chi connectivity index (χ2v) is 22.8. The SMILES string of the molecule is C[C@@H]1C=C2C=C(O[Si](C)(C)C)CCC2(C)C2CCC3(C)C(CC[C@]3(C)O[Si](C)(C)C)C21. The molecule has 0 spiro atoms. The molecule has 2 nitrogen and oxygen atoms in total. The molecule has 0 aromatic rings. The van der Waals surface area contributed by atoms with Gasteiger partial charge in [-0.05, 0) is 124 Å². The summed E-state index contributed by atoms with van der Waals surface area (Å²) in [6.07, 6.45) is 12.8. The summed E-state index contributed by atoms with van der Waals surface area (Å²) in [5, 5.41) is 0. The zero-order valence-corrected chi connectivity index (χ0v) is 24.0. The zero-order chi connectivity index (χ0) is 23.0. The van der Waals surface area contributed by atoms with E-state index in [1.807, 2.05) is 0 Å². The van der Waals surface area contributed by atoms with Gasteiger partial charge in [-0.1, -0.05) is 26.8 Å². The fourth-order valence-electron chi connectivity index (χ4n) is 8.19. The van der Waals surface area contributed by atoms with Gasteiger partial charge in [0, 0.05) is 6.42 Å². The van der Waals surface area contributed by atoms with E-state index in [9.17, 15) is 0 Å². The van der Waals surface area contributed by atoms with Gasteiger partial charge in [-0.2, -0.15) is 0 Å². The van der Waals surface area contributed by atoms with Crippen LogP contribution in [-0.4, -0.2) is 22.2 Å². The maximum Gasteiger partial charge on any atom is 0.241 e. The number of hydrogen-bond donors (Lipinski definition) is 0. The number of hydrogen-bond acceptors (Lipinski definition) is 2. The summed E-state index contributed by atoms with van der Waals surface area (Å²) in [6.45, 7) is 24.2. The van der Waals surface area contributed by atoms with E-state index < -0.39 is 16.6 Å². The van der Waals surface area contributed by atoms with Crippen LogP contribution < -0.4 is 0 Å². The molecule has 2 fully saturated rings. The van der Waals surface area contributed by atoms with Crippen LogP contribution in [0.25, 0.3) is 0 Å². The molecule has 4 rings (SSSR count). The zero-order valence-electron chi connectivity index (χ0n) is 22.0. The van der Waals surface area contributed by atoms with Crippen molar-refractivity contribution in [2.45, 2.75) is 111 Å². The molecule has 0 saturated heterocycles. The molecule has 4 aliphatic carbocycles. The lowest BCUT2D eigenvalue weighted by molar-refractivity contribution is -0.111. The summed E-state index contributed by atoms with van der Waals surface area (Å²) in [4.78, 5) is 0. The van der Waals surface area contributed by atoms with Gasteiger partial charge in [0.1, 0.15) is 0 Å². The van der Waals surface area contributed by atoms with E-state index >= 15 is 0 Å². The highest BCUT2D eigenvalue weighted by Gasteiger charge is 2.64. The first kappa shape index (κ1) is 23.8. The van der Waals surface area contributed by atoms with E-state index in [-0.39, 0.29) is 5.60 Å². The molecule has 4 heteroatoms. The molecule has 176 valence electrons. The monoisotopic (exact) mass is 460 g/mol. The van der Waals surface area contributed by atoms with Gasteiger partial charge in [-0.15, -0.1) is 0 Å². The molecule has 0 radical (unpaired) electrons. The molecule has 0 aliphatic heterocycles. The normalized spacial score (nSPS) is 45.2. The molecular formula is C27H48O2Si2. The van der Waals surface area contributed by atoms with Crippen LogP contribution in [0.2, 0.25) is 39.3 Å². The van der Waals surface area contributed by atoms with Gasteiger partial charge in [-0.25, -0.2) is 0 Å². The fraction of sp³-hybridized carbons (Fsp3) is 0.852. The standard InChI is InChI=1S/C27H48O2Si2/c1-19-17-20-18-21(28-30(5,6)7)11-14-25(20,2)22-12-15-26(3)23(24(19)22)13-16-27(26,4)29-31(8,9)10/h17-19,22-24H,11-16H2,1-10H3/t19-,22?,23?,24?,25?,26?,27+/m1/s1. The van der Waals surface area contributed by atoms with Crippen molar-refractivity contribution >= 4 is 16.6 Å². The van der Waals surface area contributed by atoms with Crippen molar-refractivity contribution < 1.29 is 8.85 Å². The number of allylic oxidation sites excluding steroid dienone is 4. The van der Waals surface area contributed by atoms with E-state index in [0.717, 1.165) is 24.2 Å². The Hall–Kier alpha value is -0.326. The summed E-state index contributed by atoms with van der Waals surface area (Å²) >= 11 is 0. The second kappa shape index (κ2) is 7.33. The Labute approximate surface area is 194 Å². The van der Waals surface area contributed by atoms with Crippen molar-refractivity contribution in [1.82, 2.24) is 0 Å². The predicted octanol–water partition coefficient (Wildman–Crippen LogP) is 8.15. The van der Waals surface area contributed by atoms with E-state index in [4.69, 9.17) is 8.85 Å². The van der Waals surface area contributed by atoms with Crippen molar-refractivity contribution in [2.75, 3.05) is 0 Å². The third kappa shape index (κ3) is 3.97. The van der Waals surface area contributed by atoms with Gasteiger partial charge in [0.2, 0.25) is 8.32 Å². The molecule has 31 heavy (non-hydrogen) atoms. The predicted molar refractivity (Wildman–Crippen MR) is 137 cm³/mol. The Balaban J connectivity index is 1.66. The first-order valence-electron chi connectivity index (χ1n) is 12.9. The molecule has 0 amide bonds. The summed E-state index contributed by atoms with van der Waals surface area (Å²) in [6, 6.07) is 0. The highest BCUT2D eigenvalue weighted by Crippen LogP contribution is 2.68. The lowest BCUT2D eigenvalue weighted by Gasteiger charge is -2.60. The van der Waals surface area contributed by atoms with Gasteiger partial charge in [-0.3, -0.25) is 0 Å². The Bertz CT molecular complexity index is 788. The molecule has 0 bridgehead atoms. The van der Waals surface area contributed by atoms with Crippen LogP contribution in [0.3, 0.4) is 0 Å². The van der Waals surface area contributed by atoms with Crippen LogP contribution in [0.15, 0.2) is 23.5 Å². The van der Waals surface area contributed by atoms with E-state index in [2.05, 4.69) is 79.1 Å². The second-order valence-electron chi connectivity index (χ2n) is 14.0. The Morgan fingerprint density at radius 2 is 1.52 bits per heavy atom. The molecule has 0 heterocycles. The van der Waals surface area contributed by atoms with Gasteiger partial charge in [0.15, 0.2) is 8.32 Å². The number of fused-ring (bicyclic) bond motifs is 5. The van der Waals surface area contributed by atoms with Crippen LogP contribution in [0.5, 0.6) is 0 Å². The lowest BCUT2D eigenvalue weighted by atomic mass is 9.46. The maximum atomic E-state index is 6.97. The molecule has 4 aliphatic rings. The van der Waals surface area contributed by atoms with Crippen molar-refractivity contribution in [2.24, 2.45) is 34.5 Å². The quantitative estimate of drug-likeness (QED) is 0.394. The molecule has 7 atom stereocenters. The summed E-state index contributed by atoms with van der Waals surface area (Å²) in [5.74, 6) is 4.30. The van der Waals surface area contributed by atoms with Crippen molar-refractivity contribution in [3.05, 3.63) is 23.5 Å². The summed E-state index contributed by atoms with van der Waals surface area (Å²) in [5.41, 5.74) is 2.29. The number of rotatable bonds is 4. The Morgan fingerprint density at radius 1 is 0.871 bits per heavy atom. The van der Waals surface area contributed by atoms with Crippen LogP contribution in [-0.2, 0) is 8.85 Å². The van der Waals surface area contributed by atoms with Gasteiger partial charge in [0.05, 0.1) is 11.4 Å². The minimum atomic E-state index is -1.58. The minimum absolute atomic E-state index is 0.0581. The van der Waals surface area contributed by atoms with Crippen molar-refractivity contribution in [3.8, 4) is 0 Å². The molecule has 0 aromatic carbocycles. The van der Waals surface area contributed by atoms with Crippen LogP contribution in [0, 0.1) is 34.5 Å². The van der Waals surface area contributed by atoms with Crippen LogP contribution in [0.1, 0.15) is 66.2 Å². The average Bonchev–Trinajstić information content (AvgIpc) is 2.84. The molecule has 0 aromatic heterocycles. The molecule has 0 N–H and O–H groups in total.